The number of hydrogen-bond donors (Lipinski definition) is 1. The van der Waals surface area contributed by atoms with E-state index in [9.17, 15) is 19.5 Å². The summed E-state index contributed by atoms with van der Waals surface area (Å²) in [7, 11) is 0. The van der Waals surface area contributed by atoms with E-state index < -0.39 is 5.92 Å². The van der Waals surface area contributed by atoms with E-state index in [1.54, 1.807) is 6.92 Å². The van der Waals surface area contributed by atoms with Gasteiger partial charge >= 0.3 is 0 Å². The van der Waals surface area contributed by atoms with Crippen molar-refractivity contribution in [1.82, 2.24) is 0 Å². The smallest absolute Gasteiger partial charge is 0.172 e. The van der Waals surface area contributed by atoms with Crippen LogP contribution in [0.1, 0.15) is 73.1 Å². The first-order valence-electron chi connectivity index (χ1n) is 12.5. The fraction of sp³-hybridized carbons (Fsp3) is 0.679. The molecule has 1 N–H and O–H groups in total. The van der Waals surface area contributed by atoms with Crippen LogP contribution in [0.15, 0.2) is 34.9 Å². The molecule has 0 amide bonds. The molecule has 0 aromatic rings. The number of allylic oxidation sites excluding steroid dienone is 5. The minimum atomic E-state index is -0.566. The molecule has 0 saturated heterocycles. The lowest BCUT2D eigenvalue weighted by Gasteiger charge is -2.47. The Hall–Kier alpha value is -1.81. The van der Waals surface area contributed by atoms with Crippen LogP contribution in [-0.4, -0.2) is 29.1 Å². The Kier molecular flexibility index (Phi) is 7.75. The van der Waals surface area contributed by atoms with E-state index in [2.05, 4.69) is 33.4 Å². The molecule has 32 heavy (non-hydrogen) atoms. The number of Topliss-reactive ketones (excluding diaryl/α,β-unsaturated/α-hetero) is 3. The summed E-state index contributed by atoms with van der Waals surface area (Å²) in [5.74, 6) is 0.248. The number of fused-ring (bicyclic) bond motifs is 1. The number of ketones is 3. The molecule has 0 aromatic heterocycles. The van der Waals surface area contributed by atoms with Gasteiger partial charge in [0.25, 0.3) is 0 Å². The minimum Gasteiger partial charge on any atom is -0.396 e. The summed E-state index contributed by atoms with van der Waals surface area (Å²) < 4.78 is 0. The molecule has 4 nitrogen and oxygen atoms in total. The molecule has 0 bridgehead atoms. The number of hydrogen-bond acceptors (Lipinski definition) is 4. The molecule has 0 radical (unpaired) electrons. The van der Waals surface area contributed by atoms with Gasteiger partial charge in [-0.1, -0.05) is 51.5 Å². The molecule has 4 heteroatoms. The standard InChI is InChI=1S/C28H40O4/c1-7-18-11-19(8-2)22-13-20(17(6)27(31)26(22)16(18)5)12-21-10-15(4)25(24(30)9-3)28(32)23(21)14-29/h11,16,19-23,26,29H,6-10,12-14H2,1-5H3. The molecular formula is C28H40O4. The van der Waals surface area contributed by atoms with Gasteiger partial charge in [0, 0.05) is 18.3 Å². The van der Waals surface area contributed by atoms with Gasteiger partial charge in [0.05, 0.1) is 12.2 Å². The predicted octanol–water partition coefficient (Wildman–Crippen LogP) is 5.26. The third-order valence-corrected chi connectivity index (χ3v) is 8.64. The highest BCUT2D eigenvalue weighted by atomic mass is 16.3. The number of carbonyl (C=O) groups is 3. The van der Waals surface area contributed by atoms with Crippen molar-refractivity contribution in [3.63, 3.8) is 0 Å². The predicted molar refractivity (Wildman–Crippen MR) is 127 cm³/mol. The first-order valence-corrected chi connectivity index (χ1v) is 12.5. The number of carbonyl (C=O) groups excluding carboxylic acids is 3. The molecule has 0 aliphatic heterocycles. The summed E-state index contributed by atoms with van der Waals surface area (Å²) in [6, 6.07) is 0. The van der Waals surface area contributed by atoms with E-state index in [0.29, 0.717) is 42.2 Å². The van der Waals surface area contributed by atoms with Gasteiger partial charge in [0.15, 0.2) is 17.3 Å². The van der Waals surface area contributed by atoms with E-state index in [1.807, 2.05) is 6.92 Å². The van der Waals surface area contributed by atoms with Crippen molar-refractivity contribution >= 4 is 17.3 Å². The monoisotopic (exact) mass is 440 g/mol. The molecule has 3 rings (SSSR count). The molecule has 7 atom stereocenters. The second kappa shape index (κ2) is 9.99. The summed E-state index contributed by atoms with van der Waals surface area (Å²) in [6.07, 6.45) is 6.93. The SMILES string of the molecule is C=C1C(=O)C2C(C)C(CC)=CC(CC)C2CC1CC1CC(C)=C(C(=O)CC)C(=O)C1CO. The Morgan fingerprint density at radius 1 is 1.19 bits per heavy atom. The van der Waals surface area contributed by atoms with Crippen molar-refractivity contribution in [2.24, 2.45) is 41.4 Å². The Balaban J connectivity index is 1.87. The van der Waals surface area contributed by atoms with Gasteiger partial charge in [-0.2, -0.15) is 0 Å². The lowest BCUT2D eigenvalue weighted by molar-refractivity contribution is -0.127. The minimum absolute atomic E-state index is 0.0145. The molecule has 176 valence electrons. The average Bonchev–Trinajstić information content (AvgIpc) is 2.77. The van der Waals surface area contributed by atoms with Crippen molar-refractivity contribution in [2.75, 3.05) is 6.61 Å². The van der Waals surface area contributed by atoms with Crippen LogP contribution in [0.2, 0.25) is 0 Å². The van der Waals surface area contributed by atoms with Crippen LogP contribution in [0, 0.1) is 41.4 Å². The van der Waals surface area contributed by atoms with Crippen LogP contribution in [0.4, 0.5) is 0 Å². The topological polar surface area (TPSA) is 71.4 Å². The summed E-state index contributed by atoms with van der Waals surface area (Å²) in [4.78, 5) is 38.9. The Bertz CT molecular complexity index is 861. The van der Waals surface area contributed by atoms with Crippen LogP contribution in [0.5, 0.6) is 0 Å². The highest BCUT2D eigenvalue weighted by molar-refractivity contribution is 6.21. The normalized spacial score (nSPS) is 35.6. The summed E-state index contributed by atoms with van der Waals surface area (Å²) in [5, 5.41) is 10.0. The molecule has 0 aromatic carbocycles. The number of aliphatic hydroxyl groups is 1. The molecular weight excluding hydrogens is 400 g/mol. The van der Waals surface area contributed by atoms with E-state index in [-0.39, 0.29) is 47.6 Å². The first-order chi connectivity index (χ1) is 15.2. The van der Waals surface area contributed by atoms with E-state index >= 15 is 0 Å². The summed E-state index contributed by atoms with van der Waals surface area (Å²) >= 11 is 0. The number of rotatable bonds is 7. The van der Waals surface area contributed by atoms with Crippen molar-refractivity contribution in [2.45, 2.75) is 73.1 Å². The Morgan fingerprint density at radius 2 is 1.88 bits per heavy atom. The molecule has 0 heterocycles. The van der Waals surface area contributed by atoms with Gasteiger partial charge < -0.3 is 5.11 Å². The molecule has 1 fully saturated rings. The second-order valence-electron chi connectivity index (χ2n) is 10.3. The van der Waals surface area contributed by atoms with Crippen LogP contribution in [0.3, 0.4) is 0 Å². The van der Waals surface area contributed by atoms with Gasteiger partial charge in [0.2, 0.25) is 0 Å². The van der Waals surface area contributed by atoms with Crippen molar-refractivity contribution in [3.05, 3.63) is 34.9 Å². The zero-order chi connectivity index (χ0) is 23.7. The molecule has 7 unspecified atom stereocenters. The zero-order valence-electron chi connectivity index (χ0n) is 20.4. The van der Waals surface area contributed by atoms with Crippen molar-refractivity contribution in [3.8, 4) is 0 Å². The fourth-order valence-electron chi connectivity index (χ4n) is 6.79. The van der Waals surface area contributed by atoms with E-state index in [1.165, 1.54) is 5.57 Å². The maximum Gasteiger partial charge on any atom is 0.172 e. The van der Waals surface area contributed by atoms with Gasteiger partial charge in [-0.3, -0.25) is 14.4 Å². The van der Waals surface area contributed by atoms with Gasteiger partial charge in [-0.15, -0.1) is 0 Å². The third-order valence-electron chi connectivity index (χ3n) is 8.64. The van der Waals surface area contributed by atoms with Crippen molar-refractivity contribution in [1.29, 1.82) is 0 Å². The third kappa shape index (κ3) is 4.23. The van der Waals surface area contributed by atoms with Crippen LogP contribution < -0.4 is 0 Å². The Morgan fingerprint density at radius 3 is 2.44 bits per heavy atom. The highest BCUT2D eigenvalue weighted by Crippen LogP contribution is 2.51. The maximum atomic E-state index is 13.5. The summed E-state index contributed by atoms with van der Waals surface area (Å²) in [6.45, 7) is 14.2. The van der Waals surface area contributed by atoms with Gasteiger partial charge in [-0.05, 0) is 74.2 Å². The summed E-state index contributed by atoms with van der Waals surface area (Å²) in [5.41, 5.74) is 3.22. The first kappa shape index (κ1) is 24.8. The highest BCUT2D eigenvalue weighted by Gasteiger charge is 2.48. The number of aliphatic hydroxyl groups excluding tert-OH is 1. The van der Waals surface area contributed by atoms with Crippen LogP contribution >= 0.6 is 0 Å². The van der Waals surface area contributed by atoms with Crippen molar-refractivity contribution < 1.29 is 19.5 Å². The van der Waals surface area contributed by atoms with E-state index in [0.717, 1.165) is 24.8 Å². The second-order valence-corrected chi connectivity index (χ2v) is 10.3. The van der Waals surface area contributed by atoms with Gasteiger partial charge in [0.1, 0.15) is 0 Å². The largest absolute Gasteiger partial charge is 0.396 e. The van der Waals surface area contributed by atoms with Gasteiger partial charge in [-0.25, -0.2) is 0 Å². The Labute approximate surface area is 193 Å². The van der Waals surface area contributed by atoms with Crippen LogP contribution in [-0.2, 0) is 14.4 Å². The maximum absolute atomic E-state index is 13.5. The molecule has 1 saturated carbocycles. The quantitative estimate of drug-likeness (QED) is 0.333. The lowest BCUT2D eigenvalue weighted by atomic mass is 9.56. The fourth-order valence-corrected chi connectivity index (χ4v) is 6.79. The molecule has 0 spiro atoms. The zero-order valence-corrected chi connectivity index (χ0v) is 20.4. The van der Waals surface area contributed by atoms with E-state index in [4.69, 9.17) is 0 Å². The van der Waals surface area contributed by atoms with Crippen LogP contribution in [0.25, 0.3) is 0 Å². The lowest BCUT2D eigenvalue weighted by Crippen LogP contribution is -2.45. The molecule has 3 aliphatic carbocycles. The molecule has 3 aliphatic rings. The average molecular weight is 441 g/mol.